The standard InChI is InChI=1S/C47H52N2O16S4/c1-9-48-39(45(5,6)41-27(4)12-15-32-34(41)21-30(66(53,54)55)23-37(32)68(59,60)61)18-13-28-20-29(26-47(25-28,43(50)51)44(52)65-11-3)14-19-40-46(7,8)42-35-22-31(67(56,57)58)24-38(69(62,63)64)33(35)16-17-36(42)49(40)10-2/h12-24H,9-11,25-26H2,1-8H3,(H,50,51)(H,53,54,55)(H,56,57,58)(H,59,60,61)(H,62,63,64)/b18-13+,29-14-,40-19+,48-39+. The van der Waals surface area contributed by atoms with E-state index >= 15 is 0 Å². The third-order valence-corrected chi connectivity index (χ3v) is 16.1. The summed E-state index contributed by atoms with van der Waals surface area (Å²) in [6.07, 6.45) is 7.58. The second-order valence-electron chi connectivity index (χ2n) is 17.8. The van der Waals surface area contributed by atoms with Gasteiger partial charge in [-0.2, -0.15) is 33.7 Å². The van der Waals surface area contributed by atoms with Gasteiger partial charge < -0.3 is 14.7 Å². The molecule has 1 atom stereocenters. The molecule has 0 radical (unpaired) electrons. The summed E-state index contributed by atoms with van der Waals surface area (Å²) >= 11 is 0. The number of aliphatic imine (C=N–C) groups is 1. The molecule has 18 nitrogen and oxygen atoms in total. The van der Waals surface area contributed by atoms with Crippen LogP contribution in [0.4, 0.5) is 5.69 Å². The van der Waals surface area contributed by atoms with Crippen molar-refractivity contribution in [2.45, 2.75) is 98.6 Å². The summed E-state index contributed by atoms with van der Waals surface area (Å²) in [7, 11) is -20.0. The number of carboxylic acids is 1. The highest BCUT2D eigenvalue weighted by atomic mass is 32.2. The Hall–Kier alpha value is -5.59. The van der Waals surface area contributed by atoms with Gasteiger partial charge in [0.05, 0.1) is 16.4 Å². The molecule has 0 bridgehead atoms. The van der Waals surface area contributed by atoms with Gasteiger partial charge in [0.2, 0.25) is 0 Å². The first-order chi connectivity index (χ1) is 31.7. The number of fused-ring (bicyclic) bond motifs is 4. The number of hydrogen-bond donors (Lipinski definition) is 5. The minimum absolute atomic E-state index is 0.00446. The zero-order valence-corrected chi connectivity index (χ0v) is 42.1. The van der Waals surface area contributed by atoms with Crippen molar-refractivity contribution in [1.29, 1.82) is 0 Å². The maximum Gasteiger partial charge on any atom is 0.324 e. The molecule has 1 aliphatic heterocycles. The fourth-order valence-electron chi connectivity index (χ4n) is 9.61. The second kappa shape index (κ2) is 18.3. The van der Waals surface area contributed by atoms with E-state index < -0.39 is 88.2 Å². The van der Waals surface area contributed by atoms with Gasteiger partial charge in [0.25, 0.3) is 40.5 Å². The molecule has 1 aliphatic carbocycles. The van der Waals surface area contributed by atoms with E-state index in [2.05, 4.69) is 0 Å². The second-order valence-corrected chi connectivity index (χ2v) is 23.4. The number of carbonyl (C=O) groups is 2. The van der Waals surface area contributed by atoms with Crippen molar-refractivity contribution >= 4 is 85.4 Å². The van der Waals surface area contributed by atoms with Crippen LogP contribution in [0.5, 0.6) is 0 Å². The SMILES string of the molecule is CC/N=C(\C=C\C1=CC(=C/C=C2/N(CC)c3ccc4c(S(=O)(=O)O)cc(S(=O)(=O)O)cc4c3C2(C)C)/CC(C(=O)O)(C(=O)OCC)C1)C(C)(C)c1c(C)ccc2c(S(=O)(=O)O)cc(S(=O)(=O)O)cc12. The molecular formula is C47H52N2O16S4. The molecule has 5 N–H and O–H groups in total. The topological polar surface area (TPSA) is 297 Å². The molecule has 2 aliphatic rings. The number of aliphatic carboxylic acids is 1. The van der Waals surface area contributed by atoms with Gasteiger partial charge in [-0.25, -0.2) is 0 Å². The van der Waals surface area contributed by atoms with Crippen molar-refractivity contribution in [2.75, 3.05) is 24.6 Å². The zero-order valence-electron chi connectivity index (χ0n) is 38.8. The minimum atomic E-state index is -5.02. The molecule has 370 valence electrons. The monoisotopic (exact) mass is 1030 g/mol. The molecule has 0 amide bonds. The average molecular weight is 1030 g/mol. The van der Waals surface area contributed by atoms with Crippen LogP contribution in [0.25, 0.3) is 21.5 Å². The molecule has 4 aromatic rings. The van der Waals surface area contributed by atoms with Crippen molar-refractivity contribution in [2.24, 2.45) is 10.4 Å². The molecule has 22 heteroatoms. The highest BCUT2D eigenvalue weighted by molar-refractivity contribution is 7.87. The Bertz CT molecular complexity index is 3490. The first-order valence-corrected chi connectivity index (χ1v) is 27.1. The molecule has 0 saturated heterocycles. The predicted octanol–water partition coefficient (Wildman–Crippen LogP) is 7.57. The van der Waals surface area contributed by atoms with Crippen molar-refractivity contribution in [1.82, 2.24) is 0 Å². The van der Waals surface area contributed by atoms with Gasteiger partial charge in [-0.05, 0) is 122 Å². The quantitative estimate of drug-likeness (QED) is 0.0352. The Morgan fingerprint density at radius 1 is 0.768 bits per heavy atom. The molecule has 0 aromatic heterocycles. The number of ether oxygens (including phenoxy) is 1. The fourth-order valence-corrected chi connectivity index (χ4v) is 12.3. The van der Waals surface area contributed by atoms with Gasteiger partial charge in [0, 0.05) is 51.8 Å². The van der Waals surface area contributed by atoms with Crippen molar-refractivity contribution < 1.29 is 71.3 Å². The number of aryl methyl sites for hydroxylation is 1. The van der Waals surface area contributed by atoms with Crippen LogP contribution in [-0.4, -0.2) is 94.3 Å². The average Bonchev–Trinajstić information content (AvgIpc) is 3.46. The third kappa shape index (κ3) is 9.80. The lowest BCUT2D eigenvalue weighted by Gasteiger charge is -2.32. The number of nitrogens with zero attached hydrogens (tertiary/aromatic N) is 2. The maximum atomic E-state index is 13.8. The lowest BCUT2D eigenvalue weighted by molar-refractivity contribution is -0.168. The van der Waals surface area contributed by atoms with Crippen molar-refractivity contribution in [3.05, 3.63) is 112 Å². The van der Waals surface area contributed by atoms with E-state index in [1.54, 1.807) is 84.1 Å². The van der Waals surface area contributed by atoms with Crippen LogP contribution in [0.15, 0.2) is 120 Å². The number of hydrogen-bond acceptors (Lipinski definition) is 13. The summed E-state index contributed by atoms with van der Waals surface area (Å²) in [5.41, 5.74) is -0.712. The lowest BCUT2D eigenvalue weighted by atomic mass is 9.71. The Balaban J connectivity index is 1.54. The highest BCUT2D eigenvalue weighted by Crippen LogP contribution is 2.52. The van der Waals surface area contributed by atoms with Gasteiger partial charge in [-0.1, -0.05) is 64.1 Å². The van der Waals surface area contributed by atoms with Gasteiger partial charge in [0.15, 0.2) is 5.41 Å². The predicted molar refractivity (Wildman–Crippen MR) is 258 cm³/mol. The zero-order chi connectivity index (χ0) is 51.6. The number of carboxylic acid groups (broad SMARTS) is 1. The largest absolute Gasteiger partial charge is 0.480 e. The Morgan fingerprint density at radius 2 is 1.32 bits per heavy atom. The molecule has 69 heavy (non-hydrogen) atoms. The van der Waals surface area contributed by atoms with Gasteiger partial charge in [-0.15, -0.1) is 0 Å². The molecule has 1 unspecified atom stereocenters. The summed E-state index contributed by atoms with van der Waals surface area (Å²) in [5.74, 6) is -2.45. The molecule has 1 heterocycles. The summed E-state index contributed by atoms with van der Waals surface area (Å²) in [6.45, 7) is 14.3. The number of rotatable bonds is 14. The summed E-state index contributed by atoms with van der Waals surface area (Å²) in [4.78, 5) is 30.6. The van der Waals surface area contributed by atoms with E-state index in [0.29, 0.717) is 63.6 Å². The van der Waals surface area contributed by atoms with Crippen LogP contribution in [0, 0.1) is 12.3 Å². The smallest absolute Gasteiger partial charge is 0.324 e. The number of likely N-dealkylation sites (N-methyl/N-ethyl adjacent to an activating group) is 1. The molecule has 4 aromatic carbocycles. The maximum absolute atomic E-state index is 13.8. The molecule has 0 spiro atoms. The number of allylic oxidation sites excluding steroid dienone is 8. The first kappa shape index (κ1) is 52.8. The molecule has 6 rings (SSSR count). The van der Waals surface area contributed by atoms with E-state index in [1.165, 1.54) is 19.1 Å². The van der Waals surface area contributed by atoms with Crippen LogP contribution in [0.2, 0.25) is 0 Å². The van der Waals surface area contributed by atoms with E-state index in [0.717, 1.165) is 12.1 Å². The Morgan fingerprint density at radius 3 is 1.83 bits per heavy atom. The van der Waals surface area contributed by atoms with E-state index in [9.17, 15) is 66.6 Å². The Labute approximate surface area is 400 Å². The lowest BCUT2D eigenvalue weighted by Crippen LogP contribution is -2.42. The third-order valence-electron chi connectivity index (χ3n) is 12.6. The fraction of sp³-hybridized carbons (Fsp3) is 0.340. The van der Waals surface area contributed by atoms with Gasteiger partial charge in [0.1, 0.15) is 9.79 Å². The van der Waals surface area contributed by atoms with Crippen molar-refractivity contribution in [3.63, 3.8) is 0 Å². The molecule has 0 saturated carbocycles. The van der Waals surface area contributed by atoms with Crippen LogP contribution in [0.1, 0.15) is 78.0 Å². The number of esters is 1. The minimum Gasteiger partial charge on any atom is -0.480 e. The summed E-state index contributed by atoms with van der Waals surface area (Å²) in [5, 5.41) is 11.0. The van der Waals surface area contributed by atoms with Gasteiger partial charge >= 0.3 is 11.9 Å². The van der Waals surface area contributed by atoms with Crippen molar-refractivity contribution in [3.8, 4) is 0 Å². The first-order valence-electron chi connectivity index (χ1n) is 21.4. The number of benzene rings is 4. The van der Waals surface area contributed by atoms with E-state index in [-0.39, 0.29) is 47.5 Å². The number of anilines is 1. The molecule has 0 fully saturated rings. The normalized spacial score (nSPS) is 19.4. The van der Waals surface area contributed by atoms with Crippen LogP contribution < -0.4 is 4.90 Å². The van der Waals surface area contributed by atoms with Crippen LogP contribution in [0.3, 0.4) is 0 Å². The number of carbonyl (C=O) groups excluding carboxylic acids is 1. The highest BCUT2D eigenvalue weighted by Gasteiger charge is 2.50. The van der Waals surface area contributed by atoms with Crippen LogP contribution in [-0.2, 0) is 65.6 Å². The van der Waals surface area contributed by atoms with E-state index in [4.69, 9.17) is 9.73 Å². The summed E-state index contributed by atoms with van der Waals surface area (Å²) in [6, 6.07) is 9.59. The van der Waals surface area contributed by atoms with E-state index in [1.807, 2.05) is 11.8 Å². The summed E-state index contributed by atoms with van der Waals surface area (Å²) < 4.78 is 145. The van der Waals surface area contributed by atoms with Crippen LogP contribution >= 0.6 is 0 Å². The molecular weight excluding hydrogens is 977 g/mol. The van der Waals surface area contributed by atoms with Gasteiger partial charge in [-0.3, -0.25) is 32.8 Å². The Kier molecular flexibility index (Phi) is 14.0.